The second kappa shape index (κ2) is 5.63. The Bertz CT molecular complexity index is 690. The highest BCUT2D eigenvalue weighted by Gasteiger charge is 2.45. The molecule has 0 saturated carbocycles. The highest BCUT2D eigenvalue weighted by Crippen LogP contribution is 2.37. The molecule has 1 atom stereocenters. The van der Waals surface area contributed by atoms with Crippen LogP contribution in [0, 0.1) is 6.92 Å². The Morgan fingerprint density at radius 1 is 1.45 bits per heavy atom. The second-order valence-electron chi connectivity index (χ2n) is 6.22. The first-order chi connectivity index (χ1) is 10.6. The van der Waals surface area contributed by atoms with Gasteiger partial charge in [-0.2, -0.15) is 4.98 Å². The molecule has 118 valence electrons. The Morgan fingerprint density at radius 2 is 2.27 bits per heavy atom. The fraction of sp³-hybridized carbons (Fsp3) is 0.529. The highest BCUT2D eigenvalue weighted by molar-refractivity contribution is 5.88. The highest BCUT2D eigenvalue weighted by atomic mass is 16.4. The molecule has 0 spiro atoms. The summed E-state index contributed by atoms with van der Waals surface area (Å²) in [6, 6.07) is 6.45. The minimum atomic E-state index is -0.664. The van der Waals surface area contributed by atoms with E-state index in [0.717, 1.165) is 55.3 Å². The van der Waals surface area contributed by atoms with Crippen LogP contribution in [-0.2, 0) is 4.79 Å². The van der Waals surface area contributed by atoms with Crippen molar-refractivity contribution in [2.24, 2.45) is 5.73 Å². The Balaban J connectivity index is 2.06. The first kappa shape index (κ1) is 14.9. The number of oxazole rings is 1. The molecule has 2 heterocycles. The normalized spacial score (nSPS) is 22.2. The first-order valence-corrected chi connectivity index (χ1v) is 8.01. The van der Waals surface area contributed by atoms with Crippen molar-refractivity contribution in [2.45, 2.75) is 51.5 Å². The van der Waals surface area contributed by atoms with Crippen LogP contribution in [0.5, 0.6) is 0 Å². The number of nitrogens with zero attached hydrogens (tertiary/aromatic N) is 2. The standard InChI is InChI=1S/C17H23N3O2/c1-3-8-17(15(18)21)9-4-5-10-20(17)16-19-13-11-12(2)6-7-14(13)22-16/h6-7,11H,3-5,8-10H2,1-2H3,(H2,18,21). The third-order valence-electron chi connectivity index (χ3n) is 4.62. The van der Waals surface area contributed by atoms with Gasteiger partial charge in [0, 0.05) is 6.54 Å². The largest absolute Gasteiger partial charge is 0.423 e. The zero-order chi connectivity index (χ0) is 15.7. The van der Waals surface area contributed by atoms with Crippen molar-refractivity contribution < 1.29 is 9.21 Å². The van der Waals surface area contributed by atoms with Gasteiger partial charge < -0.3 is 15.1 Å². The van der Waals surface area contributed by atoms with Crippen molar-refractivity contribution in [1.82, 2.24) is 4.98 Å². The number of aryl methyl sites for hydroxylation is 1. The number of rotatable bonds is 4. The Hall–Kier alpha value is -2.04. The van der Waals surface area contributed by atoms with E-state index < -0.39 is 5.54 Å². The van der Waals surface area contributed by atoms with Gasteiger partial charge in [-0.05, 0) is 50.3 Å². The number of fused-ring (bicyclic) bond motifs is 1. The van der Waals surface area contributed by atoms with Crippen LogP contribution in [0.2, 0.25) is 0 Å². The molecule has 2 N–H and O–H groups in total. The second-order valence-corrected chi connectivity index (χ2v) is 6.22. The van der Waals surface area contributed by atoms with Crippen LogP contribution in [0.4, 0.5) is 6.01 Å². The molecule has 1 aromatic carbocycles. The van der Waals surface area contributed by atoms with E-state index in [1.54, 1.807) is 0 Å². The molecule has 0 bridgehead atoms. The average Bonchev–Trinajstić information content (AvgIpc) is 2.90. The molecule has 1 aliphatic rings. The number of hydrogen-bond acceptors (Lipinski definition) is 4. The summed E-state index contributed by atoms with van der Waals surface area (Å²) < 4.78 is 5.92. The van der Waals surface area contributed by atoms with E-state index in [1.165, 1.54) is 0 Å². The molecule has 1 amide bonds. The van der Waals surface area contributed by atoms with E-state index in [0.29, 0.717) is 6.01 Å². The number of aromatic nitrogens is 1. The number of carbonyl (C=O) groups is 1. The minimum Gasteiger partial charge on any atom is -0.423 e. The van der Waals surface area contributed by atoms with E-state index in [9.17, 15) is 4.79 Å². The molecule has 1 fully saturated rings. The Morgan fingerprint density at radius 3 is 3.00 bits per heavy atom. The molecule has 3 rings (SSSR count). The van der Waals surface area contributed by atoms with Gasteiger partial charge in [-0.1, -0.05) is 19.4 Å². The summed E-state index contributed by atoms with van der Waals surface area (Å²) in [5, 5.41) is 0. The van der Waals surface area contributed by atoms with E-state index in [2.05, 4.69) is 11.9 Å². The van der Waals surface area contributed by atoms with Gasteiger partial charge in [0.15, 0.2) is 5.58 Å². The number of hydrogen-bond donors (Lipinski definition) is 1. The van der Waals surface area contributed by atoms with Crippen molar-refractivity contribution in [1.29, 1.82) is 0 Å². The van der Waals surface area contributed by atoms with E-state index in [-0.39, 0.29) is 5.91 Å². The van der Waals surface area contributed by atoms with E-state index >= 15 is 0 Å². The number of amides is 1. The SMILES string of the molecule is CCCC1(C(N)=O)CCCCN1c1nc2cc(C)ccc2o1. The molecule has 2 aromatic rings. The van der Waals surface area contributed by atoms with Gasteiger partial charge >= 0.3 is 0 Å². The minimum absolute atomic E-state index is 0.271. The van der Waals surface area contributed by atoms with Crippen molar-refractivity contribution >= 4 is 23.0 Å². The molecule has 0 radical (unpaired) electrons. The third kappa shape index (κ3) is 2.34. The monoisotopic (exact) mass is 301 g/mol. The zero-order valence-corrected chi connectivity index (χ0v) is 13.3. The van der Waals surface area contributed by atoms with Crippen LogP contribution >= 0.6 is 0 Å². The van der Waals surface area contributed by atoms with Crippen LogP contribution in [-0.4, -0.2) is 23.0 Å². The summed E-state index contributed by atoms with van der Waals surface area (Å²) >= 11 is 0. The molecule has 5 nitrogen and oxygen atoms in total. The summed E-state index contributed by atoms with van der Waals surface area (Å²) in [6.07, 6.45) is 4.45. The van der Waals surface area contributed by atoms with Crippen LogP contribution in [0.25, 0.3) is 11.1 Å². The number of carbonyl (C=O) groups excluding carboxylic acids is 1. The van der Waals surface area contributed by atoms with Crippen molar-refractivity contribution in [3.63, 3.8) is 0 Å². The lowest BCUT2D eigenvalue weighted by atomic mass is 9.82. The summed E-state index contributed by atoms with van der Waals surface area (Å²) in [5.41, 5.74) is 7.84. The molecule has 1 unspecified atom stereocenters. The van der Waals surface area contributed by atoms with Crippen LogP contribution in [0.3, 0.4) is 0 Å². The summed E-state index contributed by atoms with van der Waals surface area (Å²) in [5.74, 6) is -0.271. The van der Waals surface area contributed by atoms with Crippen LogP contribution in [0.15, 0.2) is 22.6 Å². The van der Waals surface area contributed by atoms with Gasteiger partial charge in [-0.3, -0.25) is 4.79 Å². The molecule has 1 aromatic heterocycles. The van der Waals surface area contributed by atoms with Crippen molar-refractivity contribution in [2.75, 3.05) is 11.4 Å². The van der Waals surface area contributed by atoms with Gasteiger partial charge in [0.1, 0.15) is 11.1 Å². The maximum Gasteiger partial charge on any atom is 0.299 e. The first-order valence-electron chi connectivity index (χ1n) is 8.01. The van der Waals surface area contributed by atoms with Crippen molar-refractivity contribution in [3.05, 3.63) is 23.8 Å². The fourth-order valence-corrected chi connectivity index (χ4v) is 3.51. The summed E-state index contributed by atoms with van der Waals surface area (Å²) in [4.78, 5) is 18.8. The third-order valence-corrected chi connectivity index (χ3v) is 4.62. The Kier molecular flexibility index (Phi) is 3.81. The summed E-state index contributed by atoms with van der Waals surface area (Å²) in [6.45, 7) is 4.86. The lowest BCUT2D eigenvalue weighted by molar-refractivity contribution is -0.124. The fourth-order valence-electron chi connectivity index (χ4n) is 3.51. The molecule has 1 saturated heterocycles. The lowest BCUT2D eigenvalue weighted by Gasteiger charge is -2.44. The molecule has 1 aliphatic heterocycles. The molecule has 22 heavy (non-hydrogen) atoms. The maximum absolute atomic E-state index is 12.2. The number of benzene rings is 1. The predicted molar refractivity (Wildman–Crippen MR) is 86.8 cm³/mol. The smallest absolute Gasteiger partial charge is 0.299 e. The number of piperidine rings is 1. The predicted octanol–water partition coefficient (Wildman–Crippen LogP) is 3.15. The van der Waals surface area contributed by atoms with Crippen molar-refractivity contribution in [3.8, 4) is 0 Å². The van der Waals surface area contributed by atoms with Crippen LogP contribution < -0.4 is 10.6 Å². The van der Waals surface area contributed by atoms with Crippen LogP contribution in [0.1, 0.15) is 44.6 Å². The summed E-state index contributed by atoms with van der Waals surface area (Å²) in [7, 11) is 0. The van der Waals surface area contributed by atoms with Gasteiger partial charge in [0.2, 0.25) is 5.91 Å². The number of nitrogens with two attached hydrogens (primary N) is 1. The number of primary amides is 1. The number of anilines is 1. The lowest BCUT2D eigenvalue weighted by Crippen LogP contribution is -2.60. The molecular formula is C17H23N3O2. The molecule has 5 heteroatoms. The van der Waals surface area contributed by atoms with Gasteiger partial charge in [-0.15, -0.1) is 0 Å². The van der Waals surface area contributed by atoms with Gasteiger partial charge in [0.05, 0.1) is 0 Å². The average molecular weight is 301 g/mol. The van der Waals surface area contributed by atoms with E-state index in [4.69, 9.17) is 10.2 Å². The Labute approximate surface area is 130 Å². The van der Waals surface area contributed by atoms with E-state index in [1.807, 2.05) is 30.0 Å². The topological polar surface area (TPSA) is 72.4 Å². The van der Waals surface area contributed by atoms with Gasteiger partial charge in [0.25, 0.3) is 6.01 Å². The molecular weight excluding hydrogens is 278 g/mol. The van der Waals surface area contributed by atoms with Gasteiger partial charge in [-0.25, -0.2) is 0 Å². The quantitative estimate of drug-likeness (QED) is 0.941. The maximum atomic E-state index is 12.2. The molecule has 0 aliphatic carbocycles. The zero-order valence-electron chi connectivity index (χ0n) is 13.3.